The maximum Gasteiger partial charge on any atom is 0.248 e. The maximum atomic E-state index is 12.3. The van der Waals surface area contributed by atoms with Crippen LogP contribution >= 0.6 is 0 Å². The van der Waals surface area contributed by atoms with Crippen LogP contribution in [-0.2, 0) is 14.3 Å². The van der Waals surface area contributed by atoms with E-state index in [4.69, 9.17) is 4.74 Å². The van der Waals surface area contributed by atoms with E-state index in [-0.39, 0.29) is 17.7 Å². The Balaban J connectivity index is 1.98. The van der Waals surface area contributed by atoms with Gasteiger partial charge in [0.15, 0.2) is 0 Å². The highest BCUT2D eigenvalue weighted by Crippen LogP contribution is 2.17. The molecule has 1 unspecified atom stereocenters. The molecule has 1 fully saturated rings. The molecule has 1 saturated heterocycles. The first-order valence-electron chi connectivity index (χ1n) is 7.84. The van der Waals surface area contributed by atoms with Gasteiger partial charge in [0.1, 0.15) is 11.9 Å². The van der Waals surface area contributed by atoms with E-state index in [2.05, 4.69) is 20.5 Å². The summed E-state index contributed by atoms with van der Waals surface area (Å²) in [5, 5.41) is 5.41. The highest BCUT2D eigenvalue weighted by atomic mass is 16.5. The highest BCUT2D eigenvalue weighted by molar-refractivity contribution is 5.96. The van der Waals surface area contributed by atoms with Crippen LogP contribution < -0.4 is 15.5 Å². The number of morpholine rings is 1. The number of amides is 2. The predicted octanol–water partition coefficient (Wildman–Crippen LogP) is 1.02. The van der Waals surface area contributed by atoms with Gasteiger partial charge in [-0.1, -0.05) is 13.8 Å². The molecule has 2 rings (SSSR count). The second-order valence-corrected chi connectivity index (χ2v) is 5.91. The number of nitrogens with zero attached hydrogens (tertiary/aromatic N) is 2. The van der Waals surface area contributed by atoms with Gasteiger partial charge in [0, 0.05) is 20.0 Å². The molecule has 23 heavy (non-hydrogen) atoms. The summed E-state index contributed by atoms with van der Waals surface area (Å²) in [6.45, 7) is 8.27. The third kappa shape index (κ3) is 4.92. The van der Waals surface area contributed by atoms with Crippen molar-refractivity contribution in [3.8, 4) is 0 Å². The van der Waals surface area contributed by atoms with Crippen LogP contribution in [0.15, 0.2) is 18.3 Å². The fraction of sp³-hybridized carbons (Fsp3) is 0.562. The molecule has 1 aromatic heterocycles. The molecule has 2 amide bonds. The van der Waals surface area contributed by atoms with E-state index in [0.717, 1.165) is 18.8 Å². The van der Waals surface area contributed by atoms with E-state index in [9.17, 15) is 9.59 Å². The molecule has 1 aromatic rings. The molecule has 0 spiro atoms. The lowest BCUT2D eigenvalue weighted by molar-refractivity contribution is -0.126. The van der Waals surface area contributed by atoms with Crippen molar-refractivity contribution < 1.29 is 14.3 Å². The lowest BCUT2D eigenvalue weighted by atomic mass is 10.0. The molecule has 0 aromatic carbocycles. The van der Waals surface area contributed by atoms with Gasteiger partial charge >= 0.3 is 0 Å². The van der Waals surface area contributed by atoms with Crippen LogP contribution in [0.5, 0.6) is 0 Å². The predicted molar refractivity (Wildman–Crippen MR) is 88.3 cm³/mol. The van der Waals surface area contributed by atoms with E-state index in [1.165, 1.54) is 6.92 Å². The summed E-state index contributed by atoms with van der Waals surface area (Å²) < 4.78 is 5.32. The summed E-state index contributed by atoms with van der Waals surface area (Å²) in [7, 11) is 0. The van der Waals surface area contributed by atoms with Crippen LogP contribution in [0, 0.1) is 5.92 Å². The first-order chi connectivity index (χ1) is 11.0. The average molecular weight is 320 g/mol. The van der Waals surface area contributed by atoms with Gasteiger partial charge in [0.25, 0.3) is 0 Å². The topological polar surface area (TPSA) is 83.6 Å². The van der Waals surface area contributed by atoms with Gasteiger partial charge in [-0.2, -0.15) is 0 Å². The molecule has 7 nitrogen and oxygen atoms in total. The summed E-state index contributed by atoms with van der Waals surface area (Å²) in [6, 6.07) is 3.12. The minimum Gasteiger partial charge on any atom is -0.378 e. The minimum absolute atomic E-state index is 0.00785. The van der Waals surface area contributed by atoms with E-state index in [0.29, 0.717) is 19.0 Å². The number of hydrogen-bond acceptors (Lipinski definition) is 5. The lowest BCUT2D eigenvalue weighted by Gasteiger charge is -2.28. The number of nitrogens with one attached hydrogen (secondary N) is 2. The van der Waals surface area contributed by atoms with Crippen LogP contribution in [0.1, 0.15) is 20.8 Å². The Bertz CT molecular complexity index is 539. The van der Waals surface area contributed by atoms with E-state index in [1.54, 1.807) is 12.3 Å². The summed E-state index contributed by atoms with van der Waals surface area (Å²) >= 11 is 0. The number of carbonyl (C=O) groups excluding carboxylic acids is 2. The molecular formula is C16H24N4O3. The zero-order valence-electron chi connectivity index (χ0n) is 13.8. The lowest BCUT2D eigenvalue weighted by Crippen LogP contribution is -2.46. The first kappa shape index (κ1) is 17.2. The zero-order chi connectivity index (χ0) is 16.8. The van der Waals surface area contributed by atoms with E-state index < -0.39 is 6.04 Å². The molecule has 2 N–H and O–H groups in total. The molecule has 1 aliphatic rings. The average Bonchev–Trinajstić information content (AvgIpc) is 2.53. The van der Waals surface area contributed by atoms with Gasteiger partial charge in [0.2, 0.25) is 11.8 Å². The summed E-state index contributed by atoms with van der Waals surface area (Å²) in [5.74, 6) is -0.0224. The quantitative estimate of drug-likeness (QED) is 0.846. The number of aromatic nitrogens is 1. The third-order valence-electron chi connectivity index (χ3n) is 3.68. The molecule has 0 saturated carbocycles. The number of ether oxygens (including phenoxy) is 1. The van der Waals surface area contributed by atoms with E-state index >= 15 is 0 Å². The van der Waals surface area contributed by atoms with Crippen molar-refractivity contribution in [2.24, 2.45) is 5.92 Å². The Morgan fingerprint density at radius 2 is 1.96 bits per heavy atom. The monoisotopic (exact) mass is 320 g/mol. The molecule has 1 atom stereocenters. The molecular weight excluding hydrogens is 296 g/mol. The Labute approximate surface area is 136 Å². The van der Waals surface area contributed by atoms with Gasteiger partial charge in [0.05, 0.1) is 25.1 Å². The van der Waals surface area contributed by atoms with Crippen LogP contribution in [0.25, 0.3) is 0 Å². The van der Waals surface area contributed by atoms with Crippen LogP contribution in [0.2, 0.25) is 0 Å². The molecule has 0 bridgehead atoms. The highest BCUT2D eigenvalue weighted by Gasteiger charge is 2.23. The van der Waals surface area contributed by atoms with Crippen molar-refractivity contribution >= 4 is 23.3 Å². The van der Waals surface area contributed by atoms with Gasteiger partial charge in [-0.25, -0.2) is 4.98 Å². The van der Waals surface area contributed by atoms with Crippen LogP contribution in [-0.4, -0.2) is 49.1 Å². The second kappa shape index (κ2) is 7.92. The van der Waals surface area contributed by atoms with Gasteiger partial charge < -0.3 is 20.3 Å². The molecule has 0 aliphatic carbocycles. The molecule has 7 heteroatoms. The number of pyridine rings is 1. The largest absolute Gasteiger partial charge is 0.378 e. The molecule has 0 radical (unpaired) electrons. The summed E-state index contributed by atoms with van der Waals surface area (Å²) in [4.78, 5) is 30.0. The summed E-state index contributed by atoms with van der Waals surface area (Å²) in [5.41, 5.74) is 1.01. The molecule has 2 heterocycles. The molecule has 1 aliphatic heterocycles. The van der Waals surface area contributed by atoms with Crippen molar-refractivity contribution in [1.82, 2.24) is 10.3 Å². The number of hydrogen-bond donors (Lipinski definition) is 2. The van der Waals surface area contributed by atoms with Gasteiger partial charge in [-0.3, -0.25) is 9.59 Å². The zero-order valence-corrected chi connectivity index (χ0v) is 13.8. The summed E-state index contributed by atoms with van der Waals surface area (Å²) in [6.07, 6.45) is 1.74. The Morgan fingerprint density at radius 1 is 1.26 bits per heavy atom. The van der Waals surface area contributed by atoms with Crippen molar-refractivity contribution in [1.29, 1.82) is 0 Å². The minimum atomic E-state index is -0.576. The van der Waals surface area contributed by atoms with Crippen LogP contribution in [0.4, 0.5) is 11.5 Å². The number of carbonyl (C=O) groups is 2. The fourth-order valence-corrected chi connectivity index (χ4v) is 2.43. The third-order valence-corrected chi connectivity index (χ3v) is 3.68. The first-order valence-corrected chi connectivity index (χ1v) is 7.84. The second-order valence-electron chi connectivity index (χ2n) is 5.91. The van der Waals surface area contributed by atoms with Crippen molar-refractivity contribution in [2.45, 2.75) is 26.8 Å². The van der Waals surface area contributed by atoms with Crippen LogP contribution in [0.3, 0.4) is 0 Å². The Kier molecular flexibility index (Phi) is 5.92. The Morgan fingerprint density at radius 3 is 2.48 bits per heavy atom. The van der Waals surface area contributed by atoms with Gasteiger partial charge in [-0.05, 0) is 18.1 Å². The van der Waals surface area contributed by atoms with Crippen molar-refractivity contribution in [3.05, 3.63) is 18.3 Å². The normalized spacial score (nSPS) is 16.1. The van der Waals surface area contributed by atoms with Crippen molar-refractivity contribution in [2.75, 3.05) is 36.5 Å². The smallest absolute Gasteiger partial charge is 0.248 e. The maximum absolute atomic E-state index is 12.3. The standard InChI is InChI=1S/C16H24N4O3/c1-11(2)15(18-12(3)21)16(22)19-14-5-4-13(10-17-14)20-6-8-23-9-7-20/h4-5,10-11,15H,6-9H2,1-3H3,(H,18,21)(H,17,19,22). The number of rotatable bonds is 5. The van der Waals surface area contributed by atoms with Crippen molar-refractivity contribution in [3.63, 3.8) is 0 Å². The van der Waals surface area contributed by atoms with E-state index in [1.807, 2.05) is 19.9 Å². The fourth-order valence-electron chi connectivity index (χ4n) is 2.43. The molecule has 126 valence electrons. The van der Waals surface area contributed by atoms with Gasteiger partial charge in [-0.15, -0.1) is 0 Å². The SMILES string of the molecule is CC(=O)NC(C(=O)Nc1ccc(N2CCOCC2)cn1)C(C)C. The number of anilines is 2. The Hall–Kier alpha value is -2.15.